The summed E-state index contributed by atoms with van der Waals surface area (Å²) in [5.41, 5.74) is -0.0619. The molecule has 0 saturated heterocycles. The molecule has 1 fully saturated rings. The summed E-state index contributed by atoms with van der Waals surface area (Å²) in [5.74, 6) is -2.47. The van der Waals surface area contributed by atoms with Gasteiger partial charge in [-0.05, 0) is 24.1 Å². The van der Waals surface area contributed by atoms with Crippen molar-refractivity contribution in [3.63, 3.8) is 0 Å². The molecule has 2 atom stereocenters. The Hall–Kier alpha value is -3.23. The fourth-order valence-corrected chi connectivity index (χ4v) is 3.52. The molecule has 1 aliphatic heterocycles. The molecule has 2 aliphatic rings. The van der Waals surface area contributed by atoms with Crippen molar-refractivity contribution < 1.29 is 22.8 Å². The lowest BCUT2D eigenvalue weighted by molar-refractivity contribution is -0.117. The number of fused-ring (bicyclic) bond motifs is 2. The quantitative estimate of drug-likeness (QED) is 0.874. The number of aromatic nitrogens is 2. The Morgan fingerprint density at radius 3 is 2.64 bits per heavy atom. The van der Waals surface area contributed by atoms with Crippen molar-refractivity contribution in [1.29, 1.82) is 0 Å². The van der Waals surface area contributed by atoms with Gasteiger partial charge < -0.3 is 4.90 Å². The van der Waals surface area contributed by atoms with E-state index in [4.69, 9.17) is 0 Å². The van der Waals surface area contributed by atoms with Crippen LogP contribution in [0.25, 0.3) is 5.83 Å². The predicted octanol–water partition coefficient (Wildman–Crippen LogP) is 2.63. The summed E-state index contributed by atoms with van der Waals surface area (Å²) in [7, 11) is 0. The van der Waals surface area contributed by atoms with E-state index in [0.717, 1.165) is 12.4 Å². The van der Waals surface area contributed by atoms with Crippen molar-refractivity contribution in [2.45, 2.75) is 18.0 Å². The Kier molecular flexibility index (Phi) is 4.17. The van der Waals surface area contributed by atoms with Crippen LogP contribution >= 0.6 is 0 Å². The van der Waals surface area contributed by atoms with E-state index >= 15 is 0 Å². The van der Waals surface area contributed by atoms with Gasteiger partial charge in [0.2, 0.25) is 11.9 Å². The fourth-order valence-electron chi connectivity index (χ4n) is 3.52. The number of alkyl halides is 1. The Morgan fingerprint density at radius 2 is 2.04 bits per heavy atom. The van der Waals surface area contributed by atoms with Crippen molar-refractivity contribution in [3.05, 3.63) is 59.7 Å². The molecule has 6 nitrogen and oxygen atoms in total. The average molecular weight is 388 g/mol. The van der Waals surface area contributed by atoms with Gasteiger partial charge in [0.1, 0.15) is 18.5 Å². The predicted molar refractivity (Wildman–Crippen MR) is 94.3 cm³/mol. The molecule has 1 saturated carbocycles. The summed E-state index contributed by atoms with van der Waals surface area (Å²) in [4.78, 5) is 33.5. The number of nitrogens with zero attached hydrogens (tertiary/aromatic N) is 3. The zero-order valence-corrected chi connectivity index (χ0v) is 14.6. The van der Waals surface area contributed by atoms with Crippen LogP contribution in [0.15, 0.2) is 37.2 Å². The summed E-state index contributed by atoms with van der Waals surface area (Å²) < 4.78 is 40.6. The highest BCUT2D eigenvalue weighted by molar-refractivity contribution is 6.01. The summed E-state index contributed by atoms with van der Waals surface area (Å²) in [6.45, 7) is 2.89. The number of rotatable bonds is 4. The number of carbonyl (C=O) groups excluding carboxylic acids is 2. The molecule has 0 unspecified atom stereocenters. The minimum Gasteiger partial charge on any atom is -0.328 e. The van der Waals surface area contributed by atoms with Gasteiger partial charge in [0.25, 0.3) is 5.91 Å². The van der Waals surface area contributed by atoms with Crippen molar-refractivity contribution in [2.75, 3.05) is 18.4 Å². The first kappa shape index (κ1) is 18.1. The maximum Gasteiger partial charge on any atom is 0.254 e. The molecular weight excluding hydrogens is 373 g/mol. The highest BCUT2D eigenvalue weighted by atomic mass is 19.1. The van der Waals surface area contributed by atoms with Crippen molar-refractivity contribution >= 4 is 23.6 Å². The van der Waals surface area contributed by atoms with Gasteiger partial charge in [0, 0.05) is 23.1 Å². The molecule has 1 spiro atoms. The second kappa shape index (κ2) is 6.43. The van der Waals surface area contributed by atoms with Gasteiger partial charge in [-0.25, -0.2) is 23.1 Å². The number of hydrogen-bond acceptors (Lipinski definition) is 4. The molecule has 0 bridgehead atoms. The lowest BCUT2D eigenvalue weighted by Gasteiger charge is -2.34. The number of nitrogens with one attached hydrogen (secondary N) is 1. The highest BCUT2D eigenvalue weighted by Gasteiger charge is 2.61. The van der Waals surface area contributed by atoms with Gasteiger partial charge in [-0.3, -0.25) is 14.9 Å². The number of amides is 2. The van der Waals surface area contributed by atoms with Gasteiger partial charge in [0.05, 0.1) is 12.4 Å². The minimum atomic E-state index is -1.19. The Morgan fingerprint density at radius 1 is 1.36 bits per heavy atom. The summed E-state index contributed by atoms with van der Waals surface area (Å²) in [6.07, 6.45) is 0.796. The SMILES string of the molecule is C=C(F)c1ccc2c(c1)[C@@]1(C[C@@H]1F)CN(CC(=O)Nc1ncc(F)cn1)C2=O. The Bertz CT molecular complexity index is 995. The molecule has 4 rings (SSSR count). The number of halogens is 3. The molecule has 1 aromatic heterocycles. The summed E-state index contributed by atoms with van der Waals surface area (Å²) in [6, 6.07) is 4.29. The van der Waals surface area contributed by atoms with E-state index in [1.54, 1.807) is 0 Å². The zero-order chi connectivity index (χ0) is 20.1. The van der Waals surface area contributed by atoms with Crippen LogP contribution in [-0.2, 0) is 10.2 Å². The van der Waals surface area contributed by atoms with Crippen LogP contribution in [0.2, 0.25) is 0 Å². The molecule has 9 heteroatoms. The lowest BCUT2D eigenvalue weighted by Crippen LogP contribution is -2.47. The zero-order valence-electron chi connectivity index (χ0n) is 14.6. The molecule has 1 aromatic carbocycles. The number of hydrogen-bond donors (Lipinski definition) is 1. The van der Waals surface area contributed by atoms with Crippen LogP contribution in [0.4, 0.5) is 19.1 Å². The van der Waals surface area contributed by atoms with E-state index in [1.165, 1.54) is 23.1 Å². The van der Waals surface area contributed by atoms with Gasteiger partial charge in [-0.2, -0.15) is 0 Å². The third-order valence-corrected chi connectivity index (χ3v) is 5.05. The van der Waals surface area contributed by atoms with Crippen LogP contribution in [0.5, 0.6) is 0 Å². The second-order valence-electron chi connectivity index (χ2n) is 6.93. The molecular formula is C19H15F3N4O2. The van der Waals surface area contributed by atoms with Crippen LogP contribution in [0.3, 0.4) is 0 Å². The van der Waals surface area contributed by atoms with Crippen LogP contribution in [0, 0.1) is 5.82 Å². The molecule has 1 aliphatic carbocycles. The van der Waals surface area contributed by atoms with Gasteiger partial charge in [-0.15, -0.1) is 0 Å². The largest absolute Gasteiger partial charge is 0.328 e. The van der Waals surface area contributed by atoms with E-state index in [2.05, 4.69) is 21.9 Å². The van der Waals surface area contributed by atoms with E-state index in [1.807, 2.05) is 0 Å². The lowest BCUT2D eigenvalue weighted by atomic mass is 9.85. The van der Waals surface area contributed by atoms with Crippen molar-refractivity contribution in [1.82, 2.24) is 14.9 Å². The van der Waals surface area contributed by atoms with E-state index < -0.39 is 35.0 Å². The summed E-state index contributed by atoms with van der Waals surface area (Å²) in [5, 5.41) is 2.37. The van der Waals surface area contributed by atoms with E-state index in [0.29, 0.717) is 5.56 Å². The van der Waals surface area contributed by atoms with Crippen LogP contribution in [0.1, 0.15) is 27.9 Å². The van der Waals surface area contributed by atoms with Crippen molar-refractivity contribution in [3.8, 4) is 0 Å². The van der Waals surface area contributed by atoms with Gasteiger partial charge in [-0.1, -0.05) is 12.6 Å². The fraction of sp³-hybridized carbons (Fsp3) is 0.263. The van der Waals surface area contributed by atoms with Gasteiger partial charge in [0.15, 0.2) is 5.82 Å². The van der Waals surface area contributed by atoms with E-state index in [9.17, 15) is 22.8 Å². The molecule has 1 N–H and O–H groups in total. The molecule has 2 heterocycles. The molecule has 2 amide bonds. The van der Waals surface area contributed by atoms with Crippen LogP contribution < -0.4 is 5.32 Å². The molecule has 28 heavy (non-hydrogen) atoms. The topological polar surface area (TPSA) is 75.2 Å². The highest BCUT2D eigenvalue weighted by Crippen LogP contribution is 2.54. The monoisotopic (exact) mass is 388 g/mol. The molecule has 2 aromatic rings. The Balaban J connectivity index is 1.57. The minimum absolute atomic E-state index is 0.0000891. The normalized spacial score (nSPS) is 22.8. The summed E-state index contributed by atoms with van der Waals surface area (Å²) >= 11 is 0. The van der Waals surface area contributed by atoms with Crippen molar-refractivity contribution in [2.24, 2.45) is 0 Å². The molecule has 144 valence electrons. The average Bonchev–Trinajstić information content (AvgIpc) is 3.30. The van der Waals surface area contributed by atoms with E-state index in [-0.39, 0.29) is 36.6 Å². The maximum absolute atomic E-state index is 14.3. The number of benzene rings is 1. The van der Waals surface area contributed by atoms with Gasteiger partial charge >= 0.3 is 0 Å². The smallest absolute Gasteiger partial charge is 0.254 e. The number of carbonyl (C=O) groups is 2. The second-order valence-corrected chi connectivity index (χ2v) is 6.93. The Labute approximate surface area is 158 Å². The van der Waals surface area contributed by atoms with Crippen LogP contribution in [-0.4, -0.2) is 45.9 Å². The third kappa shape index (κ3) is 3.02. The first-order valence-electron chi connectivity index (χ1n) is 8.50. The molecule has 0 radical (unpaired) electrons. The number of anilines is 1. The first-order chi connectivity index (χ1) is 13.3. The maximum atomic E-state index is 14.3. The third-order valence-electron chi connectivity index (χ3n) is 5.05. The standard InChI is InChI=1S/C19H15F3N4O2/c1-10(20)11-2-3-13-14(4-11)19(5-15(19)22)9-26(17(13)28)8-16(27)25-18-23-6-12(21)7-24-18/h2-4,6-7,15H,1,5,8-9H2,(H,23,24,25,27)/t15-,19+/m0/s1. The first-order valence-corrected chi connectivity index (χ1v) is 8.50.